The number of aromatic amines is 3. The van der Waals surface area contributed by atoms with Crippen molar-refractivity contribution in [2.24, 2.45) is 22.7 Å². The van der Waals surface area contributed by atoms with E-state index in [9.17, 15) is 38.4 Å². The van der Waals surface area contributed by atoms with E-state index in [0.717, 1.165) is 117 Å². The Kier molecular flexibility index (Phi) is 35.8. The molecule has 5 aliphatic rings. The third-order valence-corrected chi connectivity index (χ3v) is 20.9. The summed E-state index contributed by atoms with van der Waals surface area (Å²) >= 11 is 0. The third kappa shape index (κ3) is 22.1. The second kappa shape index (κ2) is 42.7. The Labute approximate surface area is 706 Å². The molecule has 9 aromatic rings. The number of allylic oxidation sites excluding steroid dienone is 1. The minimum atomic E-state index is -1.06. The van der Waals surface area contributed by atoms with E-state index in [4.69, 9.17) is 29.5 Å². The monoisotopic (exact) mass is 1680 g/mol. The number of amides is 5. The summed E-state index contributed by atoms with van der Waals surface area (Å²) in [4.78, 5) is 131. The number of alkyl carbamates (subject to hydrolysis) is 3. The highest BCUT2D eigenvalue weighted by Gasteiger charge is 2.40. The fraction of sp³-hybridized carbons (Fsp3) is 0.407. The molecule has 0 unspecified atom stereocenters. The number of aliphatic carboxylic acids is 1. The highest BCUT2D eigenvalue weighted by molar-refractivity contribution is 7.60. The van der Waals surface area contributed by atoms with Crippen LogP contribution in [0.3, 0.4) is 0 Å². The number of aliphatic imine (C=N–C) groups is 1. The average molecular weight is 1680 g/mol. The molecule has 1 saturated carbocycles. The van der Waals surface area contributed by atoms with Crippen molar-refractivity contribution in [1.82, 2.24) is 61.0 Å². The number of carboxylic acid groups (broad SMARTS) is 1. The van der Waals surface area contributed by atoms with Gasteiger partial charge in [-0.3, -0.25) is 24.2 Å². The number of carbonyl (C=O) groups excluding carboxylic acids is 5. The normalized spacial score (nSPS) is 17.0. The van der Waals surface area contributed by atoms with Gasteiger partial charge in [0.25, 0.3) is 11.1 Å². The largest absolute Gasteiger partial charge is 0.480 e. The summed E-state index contributed by atoms with van der Waals surface area (Å²) in [5.74, 6) is 1.01. The van der Waals surface area contributed by atoms with Gasteiger partial charge in [0.1, 0.15) is 35.6 Å². The van der Waals surface area contributed by atoms with Gasteiger partial charge in [-0.1, -0.05) is 115 Å². The predicted octanol–water partition coefficient (Wildman–Crippen LogP) is 13.8. The molecular formula is C81H107N13O12S7. The maximum Gasteiger partial charge on any atom is 0.407 e. The lowest BCUT2D eigenvalue weighted by molar-refractivity contribution is -0.140. The first-order chi connectivity index (χ1) is 51.1. The van der Waals surface area contributed by atoms with Gasteiger partial charge < -0.3 is 65.3 Å². The molecule has 5 amide bonds. The molecule has 0 spiro atoms. The Morgan fingerprint density at radius 2 is 0.903 bits per heavy atom. The van der Waals surface area contributed by atoms with Crippen molar-refractivity contribution >= 4 is 185 Å². The number of ether oxygens (including phenoxy) is 3. The molecule has 32 heteroatoms. The summed E-state index contributed by atoms with van der Waals surface area (Å²) in [6, 6.07) is 34.5. The van der Waals surface area contributed by atoms with Gasteiger partial charge in [-0.05, 0) is 179 Å². The molecule has 25 nitrogen and oxygen atoms in total. The quantitative estimate of drug-likeness (QED) is 0.0393. The summed E-state index contributed by atoms with van der Waals surface area (Å²) in [7, 11) is 3.74. The van der Waals surface area contributed by atoms with Crippen LogP contribution in [0.1, 0.15) is 153 Å². The number of carbonyl (C=O) groups is 6. The zero-order chi connectivity index (χ0) is 75.0. The van der Waals surface area contributed by atoms with Gasteiger partial charge in [-0.15, -0.1) is 0 Å². The topological polar surface area (TPSA) is 337 Å². The Hall–Kier alpha value is -8.63. The van der Waals surface area contributed by atoms with E-state index >= 15 is 0 Å². The summed E-state index contributed by atoms with van der Waals surface area (Å²) in [6.07, 6.45) is 12.8. The van der Waals surface area contributed by atoms with Gasteiger partial charge in [-0.2, -0.15) is 94.5 Å². The summed E-state index contributed by atoms with van der Waals surface area (Å²) < 4.78 is 13.8. The third-order valence-electron chi connectivity index (χ3n) is 20.9. The number of aromatic nitrogens is 6. The SMILES string of the molecule is COC(=O)N[C@H](C(=O)N1CCC[C@H]1C1=NC=C(c2ccc3cc(-c4ccc5c(=O)[nH]c([C@@H]6CCCN6C(=O)[C@@H](NC(=O)OC)C(C)C)nc5c4)ccc3c2)C1)C(C)C.COC(=O)N[C@H](C(=O)O)C(C)C.O=c1[nH]c([C@@H]2CCCN2)nc2cc(-c3ccc4cc(-c5cnc(C6CCCC6)[nH]5)ccc4c3)ccc12.S.S.S.S.S.S.S. The molecule has 4 aliphatic heterocycles. The number of nitrogens with one attached hydrogen (secondary N) is 7. The number of H-pyrrole nitrogens is 3. The number of methoxy groups -OCH3 is 3. The van der Waals surface area contributed by atoms with Crippen molar-refractivity contribution in [3.05, 3.63) is 165 Å². The van der Waals surface area contributed by atoms with Crippen LogP contribution in [0.2, 0.25) is 0 Å². The lowest BCUT2D eigenvalue weighted by atomic mass is 9.94. The maximum absolute atomic E-state index is 13.7. The van der Waals surface area contributed by atoms with Crippen LogP contribution < -0.4 is 32.4 Å². The van der Waals surface area contributed by atoms with Crippen LogP contribution in [0, 0.1) is 17.8 Å². The smallest absolute Gasteiger partial charge is 0.407 e. The van der Waals surface area contributed by atoms with Crippen LogP contribution in [0.5, 0.6) is 0 Å². The van der Waals surface area contributed by atoms with Crippen molar-refractivity contribution in [1.29, 1.82) is 0 Å². The molecule has 610 valence electrons. The van der Waals surface area contributed by atoms with E-state index in [-0.39, 0.29) is 147 Å². The molecule has 4 fully saturated rings. The molecule has 7 heterocycles. The number of rotatable bonds is 17. The first-order valence-corrected chi connectivity index (χ1v) is 36.6. The van der Waals surface area contributed by atoms with Crippen molar-refractivity contribution in [3.63, 3.8) is 0 Å². The van der Waals surface area contributed by atoms with E-state index in [2.05, 4.69) is 119 Å². The molecule has 0 bridgehead atoms. The van der Waals surface area contributed by atoms with Gasteiger partial charge in [0.15, 0.2) is 0 Å². The fourth-order valence-electron chi connectivity index (χ4n) is 15.0. The molecule has 14 rings (SSSR count). The minimum Gasteiger partial charge on any atom is -0.480 e. The summed E-state index contributed by atoms with van der Waals surface area (Å²) in [5, 5.41) is 25.2. The predicted molar refractivity (Wildman–Crippen MR) is 481 cm³/mol. The molecule has 3 aromatic heterocycles. The Balaban J connectivity index is 0.000000355. The standard InChI is InChI=1S/C44H51N7O7.C30H29N5O.C7H13NO4.7H2S/c1-24(2)37(47-43(55)57-5)41(53)50-17-7-9-35(50)34-22-31(23-45-34)29-14-13-26-19-28(12-11-27(26)20-29)30-15-16-32-33(21-30)46-39(49-40(32)52)36-10-8-18-51(36)42(54)38(25(3)4)48-44(56)58-6;36-30-24-12-11-22(16-26(24)33-29(35-30)25-6-3-13-31-25)20-7-8-21-15-23(10-9-19(21)14-20)27-17-32-28(34-27)18-4-1-2-5-18;1-4(2)5(6(9)10)8-7(11)12-3;;;;;;;/h11-16,19-21,23-25,35-38H,7-10,17-18,22H2,1-6H3,(H,47,55)(H,48,56)(H,46,49,52);7-12,14-18,25,31H,1-6,13H2,(H,32,34)(H,33,35,36);4-5H,1-3H3,(H,8,11)(H,9,10);7*1H2/t35-,36-,37-,38-;25-;5-;;;;;;;/m000......./s1. The first-order valence-electron chi connectivity index (χ1n) is 36.6. The molecule has 3 saturated heterocycles. The highest BCUT2D eigenvalue weighted by atomic mass is 32.1. The van der Waals surface area contributed by atoms with Crippen LogP contribution in [0.25, 0.3) is 82.4 Å². The maximum atomic E-state index is 13.7. The Morgan fingerprint density at radius 3 is 1.38 bits per heavy atom. The van der Waals surface area contributed by atoms with Gasteiger partial charge in [0, 0.05) is 42.9 Å². The number of hydrogen-bond donors (Lipinski definition) is 8. The molecule has 0 radical (unpaired) electrons. The number of fused-ring (bicyclic) bond motifs is 4. The number of carboxylic acids is 1. The van der Waals surface area contributed by atoms with Crippen LogP contribution in [-0.4, -0.2) is 152 Å². The Morgan fingerprint density at radius 1 is 0.478 bits per heavy atom. The molecule has 6 atom stereocenters. The van der Waals surface area contributed by atoms with Gasteiger partial charge in [0.2, 0.25) is 11.8 Å². The van der Waals surface area contributed by atoms with E-state index < -0.39 is 48.4 Å². The molecule has 8 N–H and O–H groups in total. The average Bonchev–Trinajstić information content (AvgIpc) is 1.75. The highest BCUT2D eigenvalue weighted by Crippen LogP contribution is 2.38. The second-order valence-electron chi connectivity index (χ2n) is 29.0. The van der Waals surface area contributed by atoms with E-state index in [1.54, 1.807) is 24.8 Å². The summed E-state index contributed by atoms with van der Waals surface area (Å²) in [6.45, 7) is 13.0. The number of nitrogens with zero attached hydrogens (tertiary/aromatic N) is 6. The van der Waals surface area contributed by atoms with Crippen LogP contribution in [-0.2, 0) is 28.6 Å². The lowest BCUT2D eigenvalue weighted by Crippen LogP contribution is -2.53. The lowest BCUT2D eigenvalue weighted by Gasteiger charge is -2.31. The first kappa shape index (κ1) is 95.0. The second-order valence-corrected chi connectivity index (χ2v) is 29.0. The van der Waals surface area contributed by atoms with Crippen molar-refractivity contribution < 1.29 is 48.1 Å². The number of imidazole rings is 1. The molecular weight excluding hydrogens is 1570 g/mol. The Bertz CT molecular complexity index is 5030. The van der Waals surface area contributed by atoms with E-state index in [1.165, 1.54) is 57.8 Å². The molecule has 6 aromatic carbocycles. The number of hydrogen-bond acceptors (Lipinski definition) is 16. The van der Waals surface area contributed by atoms with E-state index in [1.807, 2.05) is 75.3 Å². The van der Waals surface area contributed by atoms with Crippen LogP contribution in [0.15, 0.2) is 136 Å². The van der Waals surface area contributed by atoms with Gasteiger partial charge >= 0.3 is 24.2 Å². The number of likely N-dealkylation sites (tertiary alicyclic amines) is 2. The van der Waals surface area contributed by atoms with Crippen molar-refractivity contribution in [2.45, 2.75) is 154 Å². The summed E-state index contributed by atoms with van der Waals surface area (Å²) in [5.41, 5.74) is 10.3. The van der Waals surface area contributed by atoms with E-state index in [0.29, 0.717) is 54.0 Å². The number of benzene rings is 6. The van der Waals surface area contributed by atoms with Crippen LogP contribution in [0.4, 0.5) is 14.4 Å². The molecule has 113 heavy (non-hydrogen) atoms. The van der Waals surface area contributed by atoms with Crippen LogP contribution >= 0.6 is 94.5 Å². The fourth-order valence-corrected chi connectivity index (χ4v) is 15.0. The van der Waals surface area contributed by atoms with Gasteiger partial charge in [0.05, 0.1) is 73.2 Å². The van der Waals surface area contributed by atoms with Crippen molar-refractivity contribution in [3.8, 4) is 33.5 Å². The minimum absolute atomic E-state index is 0. The molecule has 1 aliphatic carbocycles. The zero-order valence-corrected chi connectivity index (χ0v) is 71.8. The van der Waals surface area contributed by atoms with Crippen molar-refractivity contribution in [2.75, 3.05) is 41.0 Å². The zero-order valence-electron chi connectivity index (χ0n) is 64.8. The van der Waals surface area contributed by atoms with Gasteiger partial charge in [-0.25, -0.2) is 34.1 Å².